The summed E-state index contributed by atoms with van der Waals surface area (Å²) in [4.78, 5) is 48.1. The van der Waals surface area contributed by atoms with Crippen LogP contribution in [0.1, 0.15) is 36.1 Å². The summed E-state index contributed by atoms with van der Waals surface area (Å²) < 4.78 is 11.2. The normalized spacial score (nSPS) is 11.8. The Hall–Kier alpha value is -4.14. The molecule has 9 nitrogen and oxygen atoms in total. The number of aryl methyl sites for hydroxylation is 2. The molecule has 0 aliphatic carbocycles. The molecular formula is C27H30N2O7. The van der Waals surface area contributed by atoms with Crippen molar-refractivity contribution < 1.29 is 28.6 Å². The number of ether oxygens (including phenoxy) is 1. The number of carbonyl (C=O) groups is 3. The monoisotopic (exact) mass is 494 g/mol. The van der Waals surface area contributed by atoms with Gasteiger partial charge in [0.05, 0.1) is 6.54 Å². The second-order valence-electron chi connectivity index (χ2n) is 8.91. The molecule has 3 rings (SSSR count). The summed E-state index contributed by atoms with van der Waals surface area (Å²) in [5.74, 6) is -2.26. The van der Waals surface area contributed by atoms with E-state index in [1.165, 1.54) is 0 Å². The van der Waals surface area contributed by atoms with Crippen LogP contribution in [0.4, 0.5) is 0 Å². The highest BCUT2D eigenvalue weighted by Gasteiger charge is 2.23. The molecule has 0 spiro atoms. The number of benzene rings is 2. The molecule has 36 heavy (non-hydrogen) atoms. The number of carboxylic acid groups (broad SMARTS) is 1. The number of carbonyl (C=O) groups excluding carboxylic acids is 2. The first kappa shape index (κ1) is 26.5. The molecule has 1 unspecified atom stereocenters. The van der Waals surface area contributed by atoms with Crippen LogP contribution in [0.25, 0.3) is 11.0 Å². The first-order valence-corrected chi connectivity index (χ1v) is 11.6. The Balaban J connectivity index is 1.66. The Kier molecular flexibility index (Phi) is 8.47. The SMILES string of the molecule is Cc1c(Cc2ccccc2)c(=O)oc2c(C)c(OCC(=O)NCC(=O)NC(C(=O)O)C(C)C)ccc12. The average Bonchev–Trinajstić information content (AvgIpc) is 2.84. The van der Waals surface area contributed by atoms with Crippen molar-refractivity contribution in [2.24, 2.45) is 5.92 Å². The Bertz CT molecular complexity index is 1330. The molecule has 1 heterocycles. The fourth-order valence-corrected chi connectivity index (χ4v) is 3.84. The summed E-state index contributed by atoms with van der Waals surface area (Å²) in [6.45, 7) is 6.20. The lowest BCUT2D eigenvalue weighted by Crippen LogP contribution is -2.48. The Morgan fingerprint density at radius 3 is 2.33 bits per heavy atom. The first-order chi connectivity index (χ1) is 17.1. The van der Waals surface area contributed by atoms with Gasteiger partial charge in [0.15, 0.2) is 6.61 Å². The lowest BCUT2D eigenvalue weighted by Gasteiger charge is -2.18. The maximum Gasteiger partial charge on any atom is 0.340 e. The fraction of sp³-hybridized carbons (Fsp3) is 0.333. The number of rotatable bonds is 10. The molecule has 0 saturated heterocycles. The maximum absolute atomic E-state index is 12.8. The van der Waals surface area contributed by atoms with Crippen molar-refractivity contribution in [1.82, 2.24) is 10.6 Å². The molecule has 0 radical (unpaired) electrons. The molecule has 2 aromatic carbocycles. The van der Waals surface area contributed by atoms with E-state index in [4.69, 9.17) is 14.3 Å². The van der Waals surface area contributed by atoms with Gasteiger partial charge in [-0.1, -0.05) is 44.2 Å². The molecule has 1 aromatic heterocycles. The van der Waals surface area contributed by atoms with Gasteiger partial charge < -0.3 is 24.9 Å². The predicted molar refractivity (Wildman–Crippen MR) is 134 cm³/mol. The Labute approximate surface area is 208 Å². The Morgan fingerprint density at radius 1 is 1.00 bits per heavy atom. The van der Waals surface area contributed by atoms with Gasteiger partial charge in [0.2, 0.25) is 5.91 Å². The zero-order valence-corrected chi connectivity index (χ0v) is 20.7. The molecule has 0 saturated carbocycles. The minimum atomic E-state index is -1.14. The van der Waals surface area contributed by atoms with Crippen molar-refractivity contribution >= 4 is 28.8 Å². The molecular weight excluding hydrogens is 464 g/mol. The van der Waals surface area contributed by atoms with Gasteiger partial charge in [-0.25, -0.2) is 9.59 Å². The van der Waals surface area contributed by atoms with Crippen LogP contribution in [0.3, 0.4) is 0 Å². The summed E-state index contributed by atoms with van der Waals surface area (Å²) in [7, 11) is 0. The third kappa shape index (κ3) is 6.29. The molecule has 0 aliphatic heterocycles. The first-order valence-electron chi connectivity index (χ1n) is 11.6. The molecule has 0 fully saturated rings. The third-order valence-electron chi connectivity index (χ3n) is 5.93. The molecule has 0 bridgehead atoms. The van der Waals surface area contributed by atoms with Gasteiger partial charge in [-0.2, -0.15) is 0 Å². The topological polar surface area (TPSA) is 135 Å². The summed E-state index contributed by atoms with van der Waals surface area (Å²) in [5.41, 5.74) is 2.96. The number of hydrogen-bond acceptors (Lipinski definition) is 6. The van der Waals surface area contributed by atoms with Crippen molar-refractivity contribution in [3.05, 3.63) is 75.1 Å². The van der Waals surface area contributed by atoms with Crippen molar-refractivity contribution in [3.63, 3.8) is 0 Å². The van der Waals surface area contributed by atoms with Crippen molar-refractivity contribution in [3.8, 4) is 5.75 Å². The van der Waals surface area contributed by atoms with E-state index in [1.54, 1.807) is 32.9 Å². The van der Waals surface area contributed by atoms with Crippen LogP contribution < -0.4 is 21.0 Å². The van der Waals surface area contributed by atoms with Gasteiger partial charge in [-0.3, -0.25) is 9.59 Å². The highest BCUT2D eigenvalue weighted by molar-refractivity contribution is 5.89. The standard InChI is InChI=1S/C27H30N2O7/c1-15(2)24(26(32)33)29-22(30)13-28-23(31)14-35-21-11-10-19-16(3)20(12-18-8-6-5-7-9-18)27(34)36-25(19)17(21)4/h5-11,15,24H,12-14H2,1-4H3,(H,28,31)(H,29,30)(H,32,33). The lowest BCUT2D eigenvalue weighted by molar-refractivity contribution is -0.143. The molecule has 9 heteroatoms. The number of nitrogens with one attached hydrogen (secondary N) is 2. The predicted octanol–water partition coefficient (Wildman–Crippen LogP) is 2.72. The van der Waals surface area contributed by atoms with Crippen LogP contribution in [0.15, 0.2) is 51.7 Å². The molecule has 0 aliphatic rings. The van der Waals surface area contributed by atoms with Crippen molar-refractivity contribution in [2.45, 2.75) is 40.2 Å². The van der Waals surface area contributed by atoms with Crippen LogP contribution in [-0.2, 0) is 20.8 Å². The van der Waals surface area contributed by atoms with Crippen LogP contribution in [0.5, 0.6) is 5.75 Å². The summed E-state index contributed by atoms with van der Waals surface area (Å²) in [6.07, 6.45) is 0.459. The highest BCUT2D eigenvalue weighted by atomic mass is 16.5. The number of hydrogen-bond donors (Lipinski definition) is 3. The molecule has 2 amide bonds. The van der Waals surface area contributed by atoms with E-state index < -0.39 is 29.5 Å². The van der Waals surface area contributed by atoms with Gasteiger partial charge in [0.1, 0.15) is 17.4 Å². The minimum Gasteiger partial charge on any atom is -0.483 e. The summed E-state index contributed by atoms with van der Waals surface area (Å²) >= 11 is 0. The maximum atomic E-state index is 12.8. The second-order valence-corrected chi connectivity index (χ2v) is 8.91. The Morgan fingerprint density at radius 2 is 1.69 bits per heavy atom. The largest absolute Gasteiger partial charge is 0.483 e. The van der Waals surface area contributed by atoms with E-state index in [0.717, 1.165) is 16.5 Å². The number of fused-ring (bicyclic) bond motifs is 1. The second kappa shape index (κ2) is 11.5. The van der Waals surface area contributed by atoms with E-state index in [1.807, 2.05) is 37.3 Å². The zero-order chi connectivity index (χ0) is 26.4. The van der Waals surface area contributed by atoms with Crippen LogP contribution >= 0.6 is 0 Å². The van der Waals surface area contributed by atoms with Gasteiger partial charge in [0, 0.05) is 22.9 Å². The van der Waals surface area contributed by atoms with Crippen LogP contribution in [0.2, 0.25) is 0 Å². The lowest BCUT2D eigenvalue weighted by atomic mass is 9.98. The zero-order valence-electron chi connectivity index (χ0n) is 20.7. The number of carboxylic acids is 1. The third-order valence-corrected chi connectivity index (χ3v) is 5.93. The van der Waals surface area contributed by atoms with Crippen LogP contribution in [0, 0.1) is 19.8 Å². The summed E-state index contributed by atoms with van der Waals surface area (Å²) in [6, 6.07) is 12.1. The summed E-state index contributed by atoms with van der Waals surface area (Å²) in [5, 5.41) is 14.7. The van der Waals surface area contributed by atoms with Crippen molar-refractivity contribution in [1.29, 1.82) is 0 Å². The molecule has 3 aromatic rings. The van der Waals surface area contributed by atoms with Gasteiger partial charge in [0.25, 0.3) is 5.91 Å². The fourth-order valence-electron chi connectivity index (χ4n) is 3.84. The number of amides is 2. The van der Waals surface area contributed by atoms with Gasteiger partial charge in [-0.15, -0.1) is 0 Å². The number of aliphatic carboxylic acids is 1. The van der Waals surface area contributed by atoms with Crippen molar-refractivity contribution in [2.75, 3.05) is 13.2 Å². The van der Waals surface area contributed by atoms with Gasteiger partial charge >= 0.3 is 11.6 Å². The van der Waals surface area contributed by atoms with E-state index in [-0.39, 0.29) is 19.1 Å². The van der Waals surface area contributed by atoms with Gasteiger partial charge in [-0.05, 0) is 43.0 Å². The van der Waals surface area contributed by atoms with E-state index >= 15 is 0 Å². The van der Waals surface area contributed by atoms with Crippen LogP contribution in [-0.4, -0.2) is 42.1 Å². The quantitative estimate of drug-likeness (QED) is 0.369. The van der Waals surface area contributed by atoms with E-state index in [9.17, 15) is 19.2 Å². The molecule has 1 atom stereocenters. The van der Waals surface area contributed by atoms with E-state index in [2.05, 4.69) is 10.6 Å². The molecule has 3 N–H and O–H groups in total. The highest BCUT2D eigenvalue weighted by Crippen LogP contribution is 2.30. The minimum absolute atomic E-state index is 0.306. The smallest absolute Gasteiger partial charge is 0.340 e. The van der Waals surface area contributed by atoms with E-state index in [0.29, 0.717) is 28.9 Å². The average molecular weight is 495 g/mol. The molecule has 190 valence electrons.